The van der Waals surface area contributed by atoms with Crippen molar-refractivity contribution in [3.05, 3.63) is 0 Å². The Morgan fingerprint density at radius 1 is 1.50 bits per heavy atom. The average molecular weight is 144 g/mol. The molecule has 3 heteroatoms. The first-order valence-electron chi connectivity index (χ1n) is 3.48. The molecule has 0 saturated carbocycles. The summed E-state index contributed by atoms with van der Waals surface area (Å²) in [4.78, 5) is 10.2. The van der Waals surface area contributed by atoms with Gasteiger partial charge in [-0.3, -0.25) is 0 Å². The number of nitrogens with one attached hydrogen (secondary N) is 1. The Kier molecular flexibility index (Phi) is 3.19. The maximum Gasteiger partial charge on any atom is 0.426 e. The molecule has 0 aromatic heterocycles. The first kappa shape index (κ1) is 9.27. The summed E-state index contributed by atoms with van der Waals surface area (Å²) in [5.41, 5.74) is 6.15. The summed E-state index contributed by atoms with van der Waals surface area (Å²) in [6, 6.07) is 0. The van der Waals surface area contributed by atoms with Gasteiger partial charge in [-0.25, -0.2) is 10.5 Å². The van der Waals surface area contributed by atoms with E-state index in [1.165, 1.54) is 0 Å². The van der Waals surface area contributed by atoms with Crippen molar-refractivity contribution in [2.45, 2.75) is 39.2 Å². The van der Waals surface area contributed by atoms with E-state index in [9.17, 15) is 4.79 Å². The van der Waals surface area contributed by atoms with Crippen LogP contribution in [-0.2, 0) is 4.74 Å². The van der Waals surface area contributed by atoms with Crippen molar-refractivity contribution < 1.29 is 9.53 Å². The van der Waals surface area contributed by atoms with E-state index in [0.717, 1.165) is 12.8 Å². The van der Waals surface area contributed by atoms with Crippen molar-refractivity contribution in [1.29, 1.82) is 0 Å². The van der Waals surface area contributed by atoms with E-state index in [1.807, 2.05) is 20.8 Å². The van der Waals surface area contributed by atoms with Crippen LogP contribution < -0.4 is 5.73 Å². The zero-order valence-electron chi connectivity index (χ0n) is 6.73. The summed E-state index contributed by atoms with van der Waals surface area (Å²) < 4.78 is 4.76. The van der Waals surface area contributed by atoms with Gasteiger partial charge in [0.1, 0.15) is 5.60 Å². The highest BCUT2D eigenvalue weighted by Crippen LogP contribution is 2.18. The first-order chi connectivity index (χ1) is 4.54. The van der Waals surface area contributed by atoms with Crippen LogP contribution in [0.15, 0.2) is 0 Å². The van der Waals surface area contributed by atoms with E-state index >= 15 is 0 Å². The fourth-order valence-corrected chi connectivity index (χ4v) is 0.618. The average Bonchev–Trinajstić information content (AvgIpc) is 1.87. The Bertz CT molecular complexity index is 119. The number of ether oxygens (including phenoxy) is 1. The summed E-state index contributed by atoms with van der Waals surface area (Å²) in [5, 5.41) is 0. The first-order valence-corrected chi connectivity index (χ1v) is 3.48. The van der Waals surface area contributed by atoms with Crippen LogP contribution in [0.25, 0.3) is 0 Å². The summed E-state index contributed by atoms with van der Waals surface area (Å²) in [7, 11) is 0. The number of rotatable bonds is 3. The van der Waals surface area contributed by atoms with Gasteiger partial charge in [-0.1, -0.05) is 13.8 Å². The van der Waals surface area contributed by atoms with Gasteiger partial charge in [-0.15, -0.1) is 0 Å². The zero-order valence-corrected chi connectivity index (χ0v) is 6.73. The molecule has 0 heterocycles. The van der Waals surface area contributed by atoms with Crippen molar-refractivity contribution >= 4 is 6.09 Å². The predicted molar refractivity (Wildman–Crippen MR) is 38.6 cm³/mol. The molecular weight excluding hydrogens is 130 g/mol. The predicted octanol–water partition coefficient (Wildman–Crippen LogP) is 1.98. The quantitative estimate of drug-likeness (QED) is 0.608. The summed E-state index contributed by atoms with van der Waals surface area (Å²) in [6.45, 7) is 5.71. The molecule has 0 fully saturated rings. The smallest absolute Gasteiger partial charge is 0.426 e. The van der Waals surface area contributed by atoms with Crippen LogP contribution in [0.2, 0.25) is 0 Å². The third-order valence-electron chi connectivity index (χ3n) is 1.83. The van der Waals surface area contributed by atoms with Crippen LogP contribution in [0.5, 0.6) is 0 Å². The van der Waals surface area contributed by atoms with Crippen molar-refractivity contribution in [1.82, 2.24) is 5.73 Å². The second kappa shape index (κ2) is 3.44. The molecule has 3 nitrogen and oxygen atoms in total. The third-order valence-corrected chi connectivity index (χ3v) is 1.83. The second-order valence-electron chi connectivity index (χ2n) is 2.55. The lowest BCUT2D eigenvalue weighted by molar-refractivity contribution is 0.0241. The molecule has 0 aliphatic heterocycles. The van der Waals surface area contributed by atoms with Crippen LogP contribution >= 0.6 is 0 Å². The number of amides is 1. The molecule has 0 spiro atoms. The van der Waals surface area contributed by atoms with Crippen LogP contribution in [-0.4, -0.2) is 11.7 Å². The van der Waals surface area contributed by atoms with E-state index in [2.05, 4.69) is 0 Å². The van der Waals surface area contributed by atoms with Gasteiger partial charge in [0.05, 0.1) is 0 Å². The molecule has 1 amide bonds. The highest BCUT2D eigenvalue weighted by atomic mass is 16.6. The highest BCUT2D eigenvalue weighted by Gasteiger charge is 2.22. The van der Waals surface area contributed by atoms with Gasteiger partial charge in [-0.05, 0) is 19.8 Å². The van der Waals surface area contributed by atoms with Gasteiger partial charge < -0.3 is 4.74 Å². The highest BCUT2D eigenvalue weighted by molar-refractivity contribution is 5.64. The van der Waals surface area contributed by atoms with Gasteiger partial charge in [0, 0.05) is 0 Å². The topological polar surface area (TPSA) is 50.1 Å². The van der Waals surface area contributed by atoms with E-state index in [-0.39, 0.29) is 0 Å². The normalized spacial score (nSPS) is 11.1. The molecule has 1 radical (unpaired) electrons. The van der Waals surface area contributed by atoms with Crippen molar-refractivity contribution in [3.8, 4) is 0 Å². The van der Waals surface area contributed by atoms with E-state index in [0.29, 0.717) is 0 Å². The maximum atomic E-state index is 10.2. The molecule has 0 aliphatic rings. The van der Waals surface area contributed by atoms with Crippen LogP contribution in [0.1, 0.15) is 33.6 Å². The number of hydrogen-bond donors (Lipinski definition) is 0. The minimum Gasteiger partial charge on any atom is -0.442 e. The Hall–Kier alpha value is -0.730. The molecule has 0 saturated heterocycles. The summed E-state index contributed by atoms with van der Waals surface area (Å²) in [5.74, 6) is 0. The van der Waals surface area contributed by atoms with Crippen molar-refractivity contribution in [3.63, 3.8) is 0 Å². The Morgan fingerprint density at radius 2 is 1.90 bits per heavy atom. The molecular formula is C7H14NO2. The van der Waals surface area contributed by atoms with Gasteiger partial charge in [0.15, 0.2) is 0 Å². The summed E-state index contributed by atoms with van der Waals surface area (Å²) in [6.07, 6.45) is 0.577. The van der Waals surface area contributed by atoms with E-state index in [4.69, 9.17) is 10.5 Å². The van der Waals surface area contributed by atoms with Crippen molar-refractivity contribution in [2.24, 2.45) is 0 Å². The van der Waals surface area contributed by atoms with Crippen LogP contribution in [0.3, 0.4) is 0 Å². The molecule has 0 aromatic rings. The lowest BCUT2D eigenvalue weighted by Crippen LogP contribution is -2.29. The Balaban J connectivity index is 3.92. The lowest BCUT2D eigenvalue weighted by atomic mass is 10.0. The second-order valence-corrected chi connectivity index (χ2v) is 2.55. The molecule has 0 unspecified atom stereocenters. The number of carbonyl (C=O) groups is 1. The molecule has 59 valence electrons. The van der Waals surface area contributed by atoms with Crippen LogP contribution in [0.4, 0.5) is 4.79 Å². The maximum absolute atomic E-state index is 10.2. The molecule has 0 atom stereocenters. The fourth-order valence-electron chi connectivity index (χ4n) is 0.618. The van der Waals surface area contributed by atoms with E-state index < -0.39 is 11.7 Å². The number of carbonyl (C=O) groups excluding carboxylic acids is 1. The third kappa shape index (κ3) is 2.71. The largest absolute Gasteiger partial charge is 0.442 e. The lowest BCUT2D eigenvalue weighted by Gasteiger charge is -2.24. The van der Waals surface area contributed by atoms with E-state index in [1.54, 1.807) is 0 Å². The minimum atomic E-state index is -0.939. The standard InChI is InChI=1S/C7H14NO2/c1-4-7(3,5-2)10-6(8)9/h8H,4-5H2,1-3H3. The minimum absolute atomic E-state index is 0.432. The zero-order chi connectivity index (χ0) is 8.20. The van der Waals surface area contributed by atoms with Gasteiger partial charge in [0.2, 0.25) is 0 Å². The van der Waals surface area contributed by atoms with Gasteiger partial charge in [-0.2, -0.15) is 0 Å². The molecule has 1 N–H and O–H groups in total. The molecule has 0 bridgehead atoms. The Labute approximate surface area is 61.5 Å². The number of hydrogen-bond acceptors (Lipinski definition) is 2. The SMILES string of the molecule is CCC(C)(CC)OC([NH])=O. The molecule has 0 rings (SSSR count). The van der Waals surface area contributed by atoms with Gasteiger partial charge in [0.25, 0.3) is 0 Å². The molecule has 0 aliphatic carbocycles. The monoisotopic (exact) mass is 144 g/mol. The Morgan fingerprint density at radius 3 is 2.00 bits per heavy atom. The van der Waals surface area contributed by atoms with Crippen LogP contribution in [0, 0.1) is 0 Å². The fraction of sp³-hybridized carbons (Fsp3) is 0.857. The van der Waals surface area contributed by atoms with Crippen molar-refractivity contribution in [2.75, 3.05) is 0 Å². The summed E-state index contributed by atoms with van der Waals surface area (Å²) >= 11 is 0. The van der Waals surface area contributed by atoms with Gasteiger partial charge >= 0.3 is 6.09 Å². The molecule has 0 aromatic carbocycles. The molecule has 10 heavy (non-hydrogen) atoms.